The fraction of sp³-hybridized carbons (Fsp3) is 0.440. The molecule has 12 heteroatoms. The van der Waals surface area contributed by atoms with Gasteiger partial charge < -0.3 is 29.8 Å². The van der Waals surface area contributed by atoms with E-state index in [1.54, 1.807) is 17.8 Å². The molecule has 6 rings (SSSR count). The lowest BCUT2D eigenvalue weighted by Gasteiger charge is -2.26. The minimum absolute atomic E-state index is 0.204. The third-order valence-electron chi connectivity index (χ3n) is 7.01. The molecule has 0 unspecified atom stereocenters. The van der Waals surface area contributed by atoms with Crippen LogP contribution in [-0.4, -0.2) is 105 Å². The molecule has 2 fully saturated rings. The van der Waals surface area contributed by atoms with Gasteiger partial charge in [-0.15, -0.1) is 0 Å². The van der Waals surface area contributed by atoms with Gasteiger partial charge >= 0.3 is 0 Å². The van der Waals surface area contributed by atoms with Crippen LogP contribution in [0.4, 0.5) is 5.82 Å². The summed E-state index contributed by atoms with van der Waals surface area (Å²) in [5.41, 5.74) is 3.27. The van der Waals surface area contributed by atoms with Crippen LogP contribution >= 0.6 is 0 Å². The molecule has 0 spiro atoms. The second-order valence-corrected chi connectivity index (χ2v) is 9.32. The predicted molar refractivity (Wildman–Crippen MR) is 137 cm³/mol. The molecular formula is C25H30N8O4. The average Bonchev–Trinajstić information content (AvgIpc) is 3.64. The maximum absolute atomic E-state index is 13.1. The molecule has 3 N–H and O–H groups in total. The number of fused-ring (bicyclic) bond motifs is 2. The standard InChI is InChI=1S/C25H30N8O4/c1-26-22-11-19(29-24-17(12-28-33(22)24)25(35)30-20-14-37-15-21(20)34)18-13-32(23-16(18)3-2-4-27-23)6-5-31-7-9-36-10-8-31/h2-4,11-13,20-21,26,34H,5-10,14-15H2,1H3,(H,30,35)/t20-,21+/m0/s1. The van der Waals surface area contributed by atoms with E-state index in [4.69, 9.17) is 14.5 Å². The SMILES string of the molecule is CNc1cc(-c2cn(CCN3CCOCC3)c3ncccc23)nc2c(C(=O)N[C@H]3COC[C@H]3O)cnn12. The van der Waals surface area contributed by atoms with E-state index in [9.17, 15) is 9.90 Å². The Hall–Kier alpha value is -3.58. The first-order valence-electron chi connectivity index (χ1n) is 12.5. The third-order valence-corrected chi connectivity index (χ3v) is 7.01. The first-order chi connectivity index (χ1) is 18.1. The van der Waals surface area contributed by atoms with Crippen LogP contribution in [0.5, 0.6) is 0 Å². The summed E-state index contributed by atoms with van der Waals surface area (Å²) in [6, 6.07) is 5.41. The molecule has 2 saturated heterocycles. The Bertz CT molecular complexity index is 1430. The van der Waals surface area contributed by atoms with Gasteiger partial charge in [-0.2, -0.15) is 9.61 Å². The number of carbonyl (C=O) groups is 1. The summed E-state index contributed by atoms with van der Waals surface area (Å²) >= 11 is 0. The van der Waals surface area contributed by atoms with Crippen LogP contribution in [-0.2, 0) is 16.0 Å². The Kier molecular flexibility index (Phi) is 6.47. The summed E-state index contributed by atoms with van der Waals surface area (Å²) in [4.78, 5) is 25.0. The quantitative estimate of drug-likeness (QED) is 0.330. The number of ether oxygens (including phenoxy) is 2. The van der Waals surface area contributed by atoms with Crippen LogP contribution < -0.4 is 10.6 Å². The molecule has 37 heavy (non-hydrogen) atoms. The summed E-state index contributed by atoms with van der Waals surface area (Å²) in [7, 11) is 1.80. The molecule has 2 atom stereocenters. The van der Waals surface area contributed by atoms with Crippen LogP contribution in [0.15, 0.2) is 36.8 Å². The maximum atomic E-state index is 13.1. The van der Waals surface area contributed by atoms with Crippen molar-refractivity contribution >= 4 is 28.4 Å². The number of carbonyl (C=O) groups excluding carboxylic acids is 1. The Balaban J connectivity index is 1.37. The minimum atomic E-state index is -0.738. The van der Waals surface area contributed by atoms with E-state index in [1.807, 2.05) is 18.2 Å². The molecule has 0 aromatic carbocycles. The second-order valence-electron chi connectivity index (χ2n) is 9.32. The topological polar surface area (TPSA) is 131 Å². The van der Waals surface area contributed by atoms with Crippen LogP contribution in [0, 0.1) is 0 Å². The number of anilines is 1. The summed E-state index contributed by atoms with van der Waals surface area (Å²) < 4.78 is 14.5. The highest BCUT2D eigenvalue weighted by molar-refractivity contribution is 6.01. The first-order valence-corrected chi connectivity index (χ1v) is 12.5. The van der Waals surface area contributed by atoms with Crippen molar-refractivity contribution in [2.75, 3.05) is 58.4 Å². The van der Waals surface area contributed by atoms with E-state index in [-0.39, 0.29) is 19.1 Å². The second kappa shape index (κ2) is 10.1. The third kappa shape index (κ3) is 4.53. The fourth-order valence-electron chi connectivity index (χ4n) is 4.94. The number of hydrogen-bond acceptors (Lipinski definition) is 9. The average molecular weight is 507 g/mol. The van der Waals surface area contributed by atoms with E-state index < -0.39 is 12.1 Å². The molecule has 2 aliphatic rings. The van der Waals surface area contributed by atoms with Crippen LogP contribution in [0.1, 0.15) is 10.4 Å². The number of aromatic nitrogens is 5. The number of amides is 1. The van der Waals surface area contributed by atoms with Gasteiger partial charge in [-0.05, 0) is 12.1 Å². The van der Waals surface area contributed by atoms with E-state index in [2.05, 4.69) is 36.4 Å². The van der Waals surface area contributed by atoms with Crippen LogP contribution in [0.2, 0.25) is 0 Å². The van der Waals surface area contributed by atoms with Gasteiger partial charge in [0.25, 0.3) is 5.91 Å². The van der Waals surface area contributed by atoms with E-state index in [0.717, 1.165) is 56.0 Å². The highest BCUT2D eigenvalue weighted by Gasteiger charge is 2.29. The molecule has 0 radical (unpaired) electrons. The fourth-order valence-corrected chi connectivity index (χ4v) is 4.94. The molecule has 2 aliphatic heterocycles. The number of aliphatic hydroxyl groups is 1. The van der Waals surface area contributed by atoms with Crippen molar-refractivity contribution in [1.29, 1.82) is 0 Å². The smallest absolute Gasteiger partial charge is 0.257 e. The molecule has 4 aromatic rings. The van der Waals surface area contributed by atoms with Gasteiger partial charge in [-0.1, -0.05) is 0 Å². The van der Waals surface area contributed by atoms with Gasteiger partial charge in [0.2, 0.25) is 0 Å². The van der Waals surface area contributed by atoms with Gasteiger partial charge in [0.05, 0.1) is 50.5 Å². The van der Waals surface area contributed by atoms with Crippen molar-refractivity contribution < 1.29 is 19.4 Å². The molecule has 12 nitrogen and oxygen atoms in total. The lowest BCUT2D eigenvalue weighted by Crippen LogP contribution is -2.42. The number of morpholine rings is 1. The highest BCUT2D eigenvalue weighted by atomic mass is 16.5. The summed E-state index contributed by atoms with van der Waals surface area (Å²) in [6.45, 7) is 5.56. The molecule has 194 valence electrons. The van der Waals surface area contributed by atoms with Gasteiger partial charge in [0.1, 0.15) is 17.0 Å². The maximum Gasteiger partial charge on any atom is 0.257 e. The molecule has 4 aromatic heterocycles. The van der Waals surface area contributed by atoms with Crippen molar-refractivity contribution in [3.05, 3.63) is 42.4 Å². The highest BCUT2D eigenvalue weighted by Crippen LogP contribution is 2.31. The zero-order valence-corrected chi connectivity index (χ0v) is 20.6. The Morgan fingerprint density at radius 3 is 2.84 bits per heavy atom. The van der Waals surface area contributed by atoms with Crippen molar-refractivity contribution in [2.45, 2.75) is 18.7 Å². The number of hydrogen-bond donors (Lipinski definition) is 3. The largest absolute Gasteiger partial charge is 0.388 e. The lowest BCUT2D eigenvalue weighted by atomic mass is 10.1. The number of pyridine rings is 1. The Morgan fingerprint density at radius 2 is 2.05 bits per heavy atom. The van der Waals surface area contributed by atoms with Crippen LogP contribution in [0.25, 0.3) is 27.9 Å². The van der Waals surface area contributed by atoms with Crippen LogP contribution in [0.3, 0.4) is 0 Å². The van der Waals surface area contributed by atoms with E-state index in [1.165, 1.54) is 6.20 Å². The Labute approximate surface area is 213 Å². The van der Waals surface area contributed by atoms with E-state index in [0.29, 0.717) is 22.7 Å². The van der Waals surface area contributed by atoms with Crippen molar-refractivity contribution in [3.8, 4) is 11.3 Å². The molecule has 0 saturated carbocycles. The molecule has 0 aliphatic carbocycles. The van der Waals surface area contributed by atoms with Crippen molar-refractivity contribution in [2.24, 2.45) is 0 Å². The van der Waals surface area contributed by atoms with E-state index >= 15 is 0 Å². The molecule has 1 amide bonds. The number of rotatable bonds is 7. The minimum Gasteiger partial charge on any atom is -0.388 e. The van der Waals surface area contributed by atoms with Crippen molar-refractivity contribution in [3.63, 3.8) is 0 Å². The van der Waals surface area contributed by atoms with Gasteiger partial charge in [-0.3, -0.25) is 9.69 Å². The van der Waals surface area contributed by atoms with Gasteiger partial charge in [0.15, 0.2) is 5.65 Å². The Morgan fingerprint density at radius 1 is 1.19 bits per heavy atom. The number of aliphatic hydroxyl groups excluding tert-OH is 1. The predicted octanol–water partition coefficient (Wildman–Crippen LogP) is 0.609. The molecular weight excluding hydrogens is 476 g/mol. The summed E-state index contributed by atoms with van der Waals surface area (Å²) in [5, 5.41) is 21.4. The number of nitrogens with zero attached hydrogens (tertiary/aromatic N) is 6. The zero-order valence-electron chi connectivity index (χ0n) is 20.6. The van der Waals surface area contributed by atoms with Crippen molar-refractivity contribution in [1.82, 2.24) is 34.4 Å². The lowest BCUT2D eigenvalue weighted by molar-refractivity contribution is 0.0365. The monoisotopic (exact) mass is 506 g/mol. The normalized spacial score (nSPS) is 20.6. The first kappa shape index (κ1) is 23.8. The van der Waals surface area contributed by atoms with Gasteiger partial charge in [-0.25, -0.2) is 9.97 Å². The summed E-state index contributed by atoms with van der Waals surface area (Å²) in [5.74, 6) is 0.340. The summed E-state index contributed by atoms with van der Waals surface area (Å²) in [6.07, 6.45) is 4.64. The molecule has 0 bridgehead atoms. The molecule has 6 heterocycles. The number of nitrogens with one attached hydrogen (secondary N) is 2. The van der Waals surface area contributed by atoms with Gasteiger partial charge in [0, 0.05) is 62.6 Å². The zero-order chi connectivity index (χ0) is 25.4.